The lowest BCUT2D eigenvalue weighted by molar-refractivity contribution is -0.139. The van der Waals surface area contributed by atoms with Crippen LogP contribution >= 0.6 is 15.9 Å². The summed E-state index contributed by atoms with van der Waals surface area (Å²) >= 11 is 3.40. The SMILES string of the molecule is COC(=O)CC=Cc1cccc(CBr)c1. The summed E-state index contributed by atoms with van der Waals surface area (Å²) in [6.07, 6.45) is 4.04. The molecule has 15 heavy (non-hydrogen) atoms. The van der Waals surface area contributed by atoms with Gasteiger partial charge in [0.2, 0.25) is 0 Å². The summed E-state index contributed by atoms with van der Waals surface area (Å²) in [6, 6.07) is 8.11. The number of esters is 1. The van der Waals surface area contributed by atoms with Gasteiger partial charge in [0, 0.05) is 5.33 Å². The smallest absolute Gasteiger partial charge is 0.309 e. The van der Waals surface area contributed by atoms with Crippen molar-refractivity contribution in [2.24, 2.45) is 0 Å². The van der Waals surface area contributed by atoms with E-state index >= 15 is 0 Å². The van der Waals surface area contributed by atoms with Crippen LogP contribution in [-0.4, -0.2) is 13.1 Å². The van der Waals surface area contributed by atoms with Crippen molar-refractivity contribution in [1.29, 1.82) is 0 Å². The summed E-state index contributed by atoms with van der Waals surface area (Å²) in [5.41, 5.74) is 2.31. The Morgan fingerprint density at radius 1 is 1.53 bits per heavy atom. The Morgan fingerprint density at radius 2 is 2.33 bits per heavy atom. The zero-order chi connectivity index (χ0) is 11.1. The first-order valence-corrected chi connectivity index (χ1v) is 5.76. The maximum absolute atomic E-state index is 10.8. The second-order valence-corrected chi connectivity index (χ2v) is 3.62. The Balaban J connectivity index is 2.59. The number of alkyl halides is 1. The highest BCUT2D eigenvalue weighted by Gasteiger charge is 1.94. The maximum Gasteiger partial charge on any atom is 0.309 e. The standard InChI is InChI=1S/C12H13BrO2/c1-15-12(14)7-3-5-10-4-2-6-11(8-10)9-13/h2-6,8H,7,9H2,1H3. The van der Waals surface area contributed by atoms with E-state index < -0.39 is 0 Å². The van der Waals surface area contributed by atoms with E-state index in [2.05, 4.69) is 26.7 Å². The molecule has 0 saturated heterocycles. The highest BCUT2D eigenvalue weighted by Crippen LogP contribution is 2.10. The van der Waals surface area contributed by atoms with E-state index in [4.69, 9.17) is 0 Å². The van der Waals surface area contributed by atoms with Crippen molar-refractivity contribution in [3.63, 3.8) is 0 Å². The van der Waals surface area contributed by atoms with Crippen LogP contribution in [0.3, 0.4) is 0 Å². The van der Waals surface area contributed by atoms with E-state index in [1.807, 2.05) is 24.3 Å². The van der Waals surface area contributed by atoms with E-state index in [0.717, 1.165) is 10.9 Å². The first kappa shape index (κ1) is 12.0. The number of hydrogen-bond acceptors (Lipinski definition) is 2. The van der Waals surface area contributed by atoms with E-state index in [1.165, 1.54) is 12.7 Å². The lowest BCUT2D eigenvalue weighted by Crippen LogP contribution is -1.96. The maximum atomic E-state index is 10.8. The zero-order valence-electron chi connectivity index (χ0n) is 8.57. The molecule has 0 radical (unpaired) electrons. The fraction of sp³-hybridized carbons (Fsp3) is 0.250. The number of carbonyl (C=O) groups excluding carboxylic acids is 1. The molecule has 0 aliphatic heterocycles. The Labute approximate surface area is 98.1 Å². The van der Waals surface area contributed by atoms with E-state index in [-0.39, 0.29) is 5.97 Å². The van der Waals surface area contributed by atoms with Gasteiger partial charge >= 0.3 is 5.97 Å². The topological polar surface area (TPSA) is 26.3 Å². The summed E-state index contributed by atoms with van der Waals surface area (Å²) < 4.78 is 4.54. The molecule has 2 nitrogen and oxygen atoms in total. The summed E-state index contributed by atoms with van der Waals surface area (Å²) in [6.45, 7) is 0. The minimum Gasteiger partial charge on any atom is -0.469 e. The molecular formula is C12H13BrO2. The van der Waals surface area contributed by atoms with Gasteiger partial charge in [-0.2, -0.15) is 0 Å². The lowest BCUT2D eigenvalue weighted by Gasteiger charge is -1.97. The molecular weight excluding hydrogens is 256 g/mol. The van der Waals surface area contributed by atoms with Gasteiger partial charge in [0.25, 0.3) is 0 Å². The van der Waals surface area contributed by atoms with Crippen molar-refractivity contribution in [1.82, 2.24) is 0 Å². The normalized spacial score (nSPS) is 10.5. The predicted octanol–water partition coefficient (Wildman–Crippen LogP) is 3.16. The van der Waals surface area contributed by atoms with Crippen LogP contribution in [0, 0.1) is 0 Å². The van der Waals surface area contributed by atoms with Crippen LogP contribution in [0.25, 0.3) is 6.08 Å². The molecule has 0 spiro atoms. The number of rotatable bonds is 4. The molecule has 0 aliphatic rings. The van der Waals surface area contributed by atoms with Crippen molar-refractivity contribution >= 4 is 28.0 Å². The van der Waals surface area contributed by atoms with Gasteiger partial charge in [-0.3, -0.25) is 4.79 Å². The molecule has 0 heterocycles. The van der Waals surface area contributed by atoms with Crippen molar-refractivity contribution in [2.45, 2.75) is 11.8 Å². The van der Waals surface area contributed by atoms with Gasteiger partial charge < -0.3 is 4.74 Å². The molecule has 0 atom stereocenters. The number of benzene rings is 1. The Morgan fingerprint density at radius 3 is 3.00 bits per heavy atom. The summed E-state index contributed by atoms with van der Waals surface area (Å²) in [4.78, 5) is 10.8. The van der Waals surface area contributed by atoms with Gasteiger partial charge in [0.15, 0.2) is 0 Å². The molecule has 0 amide bonds. The largest absolute Gasteiger partial charge is 0.469 e. The third kappa shape index (κ3) is 4.30. The van der Waals surface area contributed by atoms with Gasteiger partial charge in [-0.05, 0) is 11.1 Å². The molecule has 0 unspecified atom stereocenters. The molecule has 0 saturated carbocycles. The summed E-state index contributed by atoms with van der Waals surface area (Å²) in [7, 11) is 1.39. The molecule has 1 aromatic carbocycles. The molecule has 80 valence electrons. The highest BCUT2D eigenvalue weighted by atomic mass is 79.9. The van der Waals surface area contributed by atoms with Crippen molar-refractivity contribution in [3.8, 4) is 0 Å². The third-order valence-electron chi connectivity index (χ3n) is 1.93. The van der Waals surface area contributed by atoms with Crippen LogP contribution < -0.4 is 0 Å². The van der Waals surface area contributed by atoms with Gasteiger partial charge in [-0.15, -0.1) is 0 Å². The second-order valence-electron chi connectivity index (χ2n) is 3.06. The van der Waals surface area contributed by atoms with Crippen molar-refractivity contribution < 1.29 is 9.53 Å². The number of methoxy groups -OCH3 is 1. The number of hydrogen-bond donors (Lipinski definition) is 0. The molecule has 0 N–H and O–H groups in total. The summed E-state index contributed by atoms with van der Waals surface area (Å²) in [5, 5.41) is 0.839. The van der Waals surface area contributed by atoms with Gasteiger partial charge in [0.1, 0.15) is 0 Å². The molecule has 3 heteroatoms. The monoisotopic (exact) mass is 268 g/mol. The fourth-order valence-corrected chi connectivity index (χ4v) is 1.50. The second kappa shape index (κ2) is 6.40. The van der Waals surface area contributed by atoms with Gasteiger partial charge in [0.05, 0.1) is 13.5 Å². The van der Waals surface area contributed by atoms with Crippen molar-refractivity contribution in [3.05, 3.63) is 41.5 Å². The van der Waals surface area contributed by atoms with E-state index in [9.17, 15) is 4.79 Å². The molecule has 0 aliphatic carbocycles. The van der Waals surface area contributed by atoms with Crippen LogP contribution in [0.1, 0.15) is 17.5 Å². The van der Waals surface area contributed by atoms with Gasteiger partial charge in [-0.1, -0.05) is 52.3 Å². The average molecular weight is 269 g/mol. The fourth-order valence-electron chi connectivity index (χ4n) is 1.15. The number of halogens is 1. The predicted molar refractivity (Wildman–Crippen MR) is 64.7 cm³/mol. The van der Waals surface area contributed by atoms with Crippen LogP contribution in [0.5, 0.6) is 0 Å². The minimum absolute atomic E-state index is 0.220. The van der Waals surface area contributed by atoms with E-state index in [0.29, 0.717) is 6.42 Å². The number of carbonyl (C=O) groups is 1. The van der Waals surface area contributed by atoms with Gasteiger partial charge in [-0.25, -0.2) is 0 Å². The highest BCUT2D eigenvalue weighted by molar-refractivity contribution is 9.08. The third-order valence-corrected chi connectivity index (χ3v) is 2.58. The Hall–Kier alpha value is -1.09. The first-order valence-electron chi connectivity index (χ1n) is 4.64. The first-order chi connectivity index (χ1) is 7.26. The van der Waals surface area contributed by atoms with Crippen LogP contribution in [0.15, 0.2) is 30.3 Å². The Bertz CT molecular complexity index is 358. The molecule has 1 aromatic rings. The molecule has 1 rings (SSSR count). The summed E-state index contributed by atoms with van der Waals surface area (Å²) in [5.74, 6) is -0.220. The van der Waals surface area contributed by atoms with Crippen LogP contribution in [0.4, 0.5) is 0 Å². The van der Waals surface area contributed by atoms with Crippen LogP contribution in [-0.2, 0) is 14.9 Å². The van der Waals surface area contributed by atoms with Crippen LogP contribution in [0.2, 0.25) is 0 Å². The molecule has 0 aromatic heterocycles. The number of ether oxygens (including phenoxy) is 1. The minimum atomic E-state index is -0.220. The average Bonchev–Trinajstić information content (AvgIpc) is 2.29. The quantitative estimate of drug-likeness (QED) is 0.620. The molecule has 0 fully saturated rings. The lowest BCUT2D eigenvalue weighted by atomic mass is 10.1. The van der Waals surface area contributed by atoms with Crippen molar-refractivity contribution in [2.75, 3.05) is 7.11 Å². The molecule has 0 bridgehead atoms. The Kier molecular flexibility index (Phi) is 5.12. The van der Waals surface area contributed by atoms with E-state index in [1.54, 1.807) is 6.08 Å². The zero-order valence-corrected chi connectivity index (χ0v) is 10.2.